The lowest BCUT2D eigenvalue weighted by Gasteiger charge is -2.07. The number of rotatable bonds is 4. The average Bonchev–Trinajstić information content (AvgIpc) is 2.65. The third kappa shape index (κ3) is 2.53. The van der Waals surface area contributed by atoms with Gasteiger partial charge in [-0.3, -0.25) is 9.48 Å². The predicted octanol–water partition coefficient (Wildman–Crippen LogP) is 2.12. The summed E-state index contributed by atoms with van der Waals surface area (Å²) in [4.78, 5) is 10.8. The van der Waals surface area contributed by atoms with Crippen LogP contribution in [0.15, 0.2) is 30.3 Å². The van der Waals surface area contributed by atoms with E-state index in [1.165, 1.54) is 0 Å². The Morgan fingerprint density at radius 3 is 2.82 bits per heavy atom. The first kappa shape index (κ1) is 11.4. The third-order valence-electron chi connectivity index (χ3n) is 2.52. The Morgan fingerprint density at radius 2 is 2.18 bits per heavy atom. The summed E-state index contributed by atoms with van der Waals surface area (Å²) in [6.45, 7) is 2.34. The van der Waals surface area contributed by atoms with Crippen molar-refractivity contribution in [3.8, 4) is 5.75 Å². The van der Waals surface area contributed by atoms with Crippen molar-refractivity contribution in [3.05, 3.63) is 47.3 Å². The molecule has 0 unspecified atom stereocenters. The molecule has 0 spiro atoms. The molecule has 2 aromatic rings. The van der Waals surface area contributed by atoms with Crippen molar-refractivity contribution in [1.82, 2.24) is 9.78 Å². The maximum Gasteiger partial charge on any atom is 0.153 e. The number of para-hydroxylation sites is 1. The van der Waals surface area contributed by atoms with Gasteiger partial charge in [-0.05, 0) is 25.1 Å². The summed E-state index contributed by atoms with van der Waals surface area (Å²) in [7, 11) is 1.87. The fraction of sp³-hybridized carbons (Fsp3) is 0.231. The molecule has 0 saturated carbocycles. The molecule has 0 radical (unpaired) electrons. The monoisotopic (exact) mass is 230 g/mol. The van der Waals surface area contributed by atoms with Crippen LogP contribution in [0.5, 0.6) is 5.75 Å². The van der Waals surface area contributed by atoms with Gasteiger partial charge in [-0.2, -0.15) is 5.10 Å². The first-order valence-corrected chi connectivity index (χ1v) is 5.37. The first-order chi connectivity index (χ1) is 8.20. The number of hydrogen-bond acceptors (Lipinski definition) is 3. The van der Waals surface area contributed by atoms with Crippen LogP contribution in [0.3, 0.4) is 0 Å². The largest absolute Gasteiger partial charge is 0.487 e. The summed E-state index contributed by atoms with van der Waals surface area (Å²) < 4.78 is 7.39. The molecular weight excluding hydrogens is 216 g/mol. The van der Waals surface area contributed by atoms with Crippen LogP contribution in [-0.2, 0) is 13.7 Å². The van der Waals surface area contributed by atoms with Crippen LogP contribution < -0.4 is 4.74 Å². The molecule has 0 aliphatic heterocycles. The van der Waals surface area contributed by atoms with Crippen molar-refractivity contribution in [3.63, 3.8) is 0 Å². The highest BCUT2D eigenvalue weighted by atomic mass is 16.5. The van der Waals surface area contributed by atoms with Gasteiger partial charge >= 0.3 is 0 Å². The second-order valence-corrected chi connectivity index (χ2v) is 3.85. The van der Waals surface area contributed by atoms with Crippen LogP contribution >= 0.6 is 0 Å². The van der Waals surface area contributed by atoms with Crippen LogP contribution in [0.4, 0.5) is 0 Å². The number of benzene rings is 1. The fourth-order valence-corrected chi connectivity index (χ4v) is 1.66. The average molecular weight is 230 g/mol. The summed E-state index contributed by atoms with van der Waals surface area (Å²) in [6.07, 6.45) is 0.795. The van der Waals surface area contributed by atoms with Gasteiger partial charge in [-0.1, -0.05) is 12.1 Å². The molecule has 1 aromatic carbocycles. The Bertz CT molecular complexity index is 532. The molecule has 2 rings (SSSR count). The summed E-state index contributed by atoms with van der Waals surface area (Å²) in [5.41, 5.74) is 2.49. The summed E-state index contributed by atoms with van der Waals surface area (Å²) >= 11 is 0. The zero-order valence-electron chi connectivity index (χ0n) is 9.88. The van der Waals surface area contributed by atoms with Gasteiger partial charge in [0.05, 0.1) is 17.0 Å². The molecule has 4 heteroatoms. The highest BCUT2D eigenvalue weighted by Gasteiger charge is 2.05. The van der Waals surface area contributed by atoms with Gasteiger partial charge in [-0.25, -0.2) is 0 Å². The molecule has 4 nitrogen and oxygen atoms in total. The molecular formula is C13H14N2O2. The minimum atomic E-state index is 0.405. The van der Waals surface area contributed by atoms with Crippen molar-refractivity contribution in [1.29, 1.82) is 0 Å². The second kappa shape index (κ2) is 4.82. The Labute approximate surface area is 99.8 Å². The van der Waals surface area contributed by atoms with Crippen molar-refractivity contribution in [2.24, 2.45) is 7.05 Å². The number of aromatic nitrogens is 2. The van der Waals surface area contributed by atoms with E-state index in [2.05, 4.69) is 5.10 Å². The molecule has 17 heavy (non-hydrogen) atoms. The minimum absolute atomic E-state index is 0.405. The lowest BCUT2D eigenvalue weighted by Crippen LogP contribution is -2.04. The number of aryl methyl sites for hydroxylation is 2. The minimum Gasteiger partial charge on any atom is -0.487 e. The van der Waals surface area contributed by atoms with Crippen LogP contribution in [0.25, 0.3) is 0 Å². The molecule has 0 bridgehead atoms. The van der Waals surface area contributed by atoms with E-state index in [4.69, 9.17) is 4.74 Å². The number of ether oxygens (including phenoxy) is 1. The van der Waals surface area contributed by atoms with Gasteiger partial charge in [0.25, 0.3) is 0 Å². The smallest absolute Gasteiger partial charge is 0.153 e. The first-order valence-electron chi connectivity index (χ1n) is 5.37. The Hall–Kier alpha value is -2.10. The molecule has 0 atom stereocenters. The topological polar surface area (TPSA) is 44.1 Å². The van der Waals surface area contributed by atoms with E-state index in [-0.39, 0.29) is 0 Å². The van der Waals surface area contributed by atoms with E-state index in [1.54, 1.807) is 16.8 Å². The maximum absolute atomic E-state index is 10.8. The normalized spacial score (nSPS) is 10.2. The van der Waals surface area contributed by atoms with E-state index < -0.39 is 0 Å². The SMILES string of the molecule is Cc1cc(COc2ccccc2C=O)n(C)n1. The highest BCUT2D eigenvalue weighted by Crippen LogP contribution is 2.17. The molecule has 0 saturated heterocycles. The van der Waals surface area contributed by atoms with E-state index >= 15 is 0 Å². The summed E-state index contributed by atoms with van der Waals surface area (Å²) in [5, 5.41) is 4.23. The summed E-state index contributed by atoms with van der Waals surface area (Å²) in [5.74, 6) is 0.598. The molecule has 0 aliphatic carbocycles. The van der Waals surface area contributed by atoms with E-state index in [0.29, 0.717) is 17.9 Å². The second-order valence-electron chi connectivity index (χ2n) is 3.85. The van der Waals surface area contributed by atoms with Crippen molar-refractivity contribution in [2.45, 2.75) is 13.5 Å². The van der Waals surface area contributed by atoms with Crippen LogP contribution in [0.2, 0.25) is 0 Å². The van der Waals surface area contributed by atoms with E-state index in [9.17, 15) is 4.79 Å². The zero-order chi connectivity index (χ0) is 12.3. The molecule has 0 aliphatic rings. The van der Waals surface area contributed by atoms with Gasteiger partial charge < -0.3 is 4.74 Å². The number of carbonyl (C=O) groups is 1. The number of aldehydes is 1. The molecule has 88 valence electrons. The molecule has 1 aromatic heterocycles. The van der Waals surface area contributed by atoms with Crippen LogP contribution in [0, 0.1) is 6.92 Å². The van der Waals surface area contributed by atoms with Crippen LogP contribution in [-0.4, -0.2) is 16.1 Å². The Kier molecular flexibility index (Phi) is 3.23. The van der Waals surface area contributed by atoms with E-state index in [1.807, 2.05) is 32.2 Å². The van der Waals surface area contributed by atoms with Gasteiger partial charge in [0.2, 0.25) is 0 Å². The number of carbonyl (C=O) groups excluding carboxylic acids is 1. The maximum atomic E-state index is 10.8. The van der Waals surface area contributed by atoms with Crippen molar-refractivity contribution < 1.29 is 9.53 Å². The van der Waals surface area contributed by atoms with Gasteiger partial charge in [-0.15, -0.1) is 0 Å². The Balaban J connectivity index is 2.12. The van der Waals surface area contributed by atoms with Crippen LogP contribution in [0.1, 0.15) is 21.7 Å². The number of nitrogens with zero attached hydrogens (tertiary/aromatic N) is 2. The third-order valence-corrected chi connectivity index (χ3v) is 2.52. The van der Waals surface area contributed by atoms with Gasteiger partial charge in [0.15, 0.2) is 6.29 Å². The molecule has 0 N–H and O–H groups in total. The zero-order valence-corrected chi connectivity index (χ0v) is 9.88. The standard InChI is InChI=1S/C13H14N2O2/c1-10-7-12(15(2)14-10)9-17-13-6-4-3-5-11(13)8-16/h3-8H,9H2,1-2H3. The highest BCUT2D eigenvalue weighted by molar-refractivity contribution is 5.79. The van der Waals surface area contributed by atoms with E-state index in [0.717, 1.165) is 17.7 Å². The Morgan fingerprint density at radius 1 is 1.41 bits per heavy atom. The van der Waals surface area contributed by atoms with Crippen molar-refractivity contribution >= 4 is 6.29 Å². The number of hydrogen-bond donors (Lipinski definition) is 0. The molecule has 1 heterocycles. The fourth-order valence-electron chi connectivity index (χ4n) is 1.66. The molecule has 0 fully saturated rings. The lowest BCUT2D eigenvalue weighted by atomic mass is 10.2. The van der Waals surface area contributed by atoms with Crippen molar-refractivity contribution in [2.75, 3.05) is 0 Å². The quantitative estimate of drug-likeness (QED) is 0.756. The van der Waals surface area contributed by atoms with Gasteiger partial charge in [0, 0.05) is 7.05 Å². The summed E-state index contributed by atoms with van der Waals surface area (Å²) in [6, 6.07) is 9.13. The lowest BCUT2D eigenvalue weighted by molar-refractivity contribution is 0.111. The predicted molar refractivity (Wildman–Crippen MR) is 64.1 cm³/mol. The van der Waals surface area contributed by atoms with Gasteiger partial charge in [0.1, 0.15) is 12.4 Å². The molecule has 0 amide bonds.